The molecule has 0 bridgehead atoms. The molecule has 1 N–H and O–H groups in total. The van der Waals surface area contributed by atoms with Gasteiger partial charge >= 0.3 is 5.97 Å². The highest BCUT2D eigenvalue weighted by Crippen LogP contribution is 2.22. The molecule has 1 aromatic carbocycles. The quantitative estimate of drug-likeness (QED) is 0.847. The molecule has 0 saturated heterocycles. The van der Waals surface area contributed by atoms with Gasteiger partial charge in [0.15, 0.2) is 0 Å². The Labute approximate surface area is 90.8 Å². The lowest BCUT2D eigenvalue weighted by Crippen LogP contribution is -2.07. The average molecular weight is 259 g/mol. The summed E-state index contributed by atoms with van der Waals surface area (Å²) in [6.45, 7) is 2.11. The highest BCUT2D eigenvalue weighted by Gasteiger charge is 2.08. The number of phenolic OH excluding ortho intramolecular Hbond substituents is 1. The van der Waals surface area contributed by atoms with Crippen molar-refractivity contribution >= 4 is 21.9 Å². The molecule has 0 aliphatic rings. The van der Waals surface area contributed by atoms with E-state index in [-0.39, 0.29) is 18.1 Å². The molecule has 0 amide bonds. The predicted octanol–water partition coefficient (Wildman–Crippen LogP) is 2.26. The van der Waals surface area contributed by atoms with Gasteiger partial charge in [0.2, 0.25) is 0 Å². The second-order valence-electron chi connectivity index (χ2n) is 2.75. The van der Waals surface area contributed by atoms with E-state index in [0.29, 0.717) is 12.2 Å². The van der Waals surface area contributed by atoms with Crippen LogP contribution in [0, 0.1) is 0 Å². The Morgan fingerprint density at radius 3 is 2.86 bits per heavy atom. The van der Waals surface area contributed by atoms with Gasteiger partial charge in [-0.05, 0) is 19.1 Å². The van der Waals surface area contributed by atoms with Crippen LogP contribution >= 0.6 is 15.9 Å². The van der Waals surface area contributed by atoms with E-state index in [1.165, 1.54) is 0 Å². The SMILES string of the molecule is CCOC(=O)Cc1ccc(Br)cc1O. The third-order valence-electron chi connectivity index (χ3n) is 1.69. The maximum Gasteiger partial charge on any atom is 0.310 e. The molecule has 3 nitrogen and oxygen atoms in total. The molecule has 0 heterocycles. The number of esters is 1. The maximum atomic E-state index is 11.1. The molecule has 0 saturated carbocycles. The first-order chi connectivity index (χ1) is 6.63. The number of ether oxygens (including phenoxy) is 1. The molecule has 4 heteroatoms. The van der Waals surface area contributed by atoms with Gasteiger partial charge in [-0.1, -0.05) is 22.0 Å². The number of carbonyl (C=O) groups excluding carboxylic acids is 1. The fourth-order valence-corrected chi connectivity index (χ4v) is 1.40. The van der Waals surface area contributed by atoms with Crippen molar-refractivity contribution in [3.8, 4) is 5.75 Å². The first-order valence-corrected chi connectivity index (χ1v) is 5.05. The van der Waals surface area contributed by atoms with Crippen LogP contribution in [0.15, 0.2) is 22.7 Å². The maximum absolute atomic E-state index is 11.1. The van der Waals surface area contributed by atoms with Crippen molar-refractivity contribution < 1.29 is 14.6 Å². The standard InChI is InChI=1S/C10H11BrO3/c1-2-14-10(13)5-7-3-4-8(11)6-9(7)12/h3-4,6,12H,2,5H2,1H3. The van der Waals surface area contributed by atoms with Gasteiger partial charge < -0.3 is 9.84 Å². The van der Waals surface area contributed by atoms with Crippen molar-refractivity contribution in [3.63, 3.8) is 0 Å². The number of hydrogen-bond donors (Lipinski definition) is 1. The fraction of sp³-hybridized carbons (Fsp3) is 0.300. The van der Waals surface area contributed by atoms with Crippen LogP contribution in [0.1, 0.15) is 12.5 Å². The van der Waals surface area contributed by atoms with E-state index in [0.717, 1.165) is 4.47 Å². The predicted molar refractivity (Wildman–Crippen MR) is 56.1 cm³/mol. The lowest BCUT2D eigenvalue weighted by atomic mass is 10.1. The third-order valence-corrected chi connectivity index (χ3v) is 2.18. The molecule has 0 spiro atoms. The summed E-state index contributed by atoms with van der Waals surface area (Å²) in [5.74, 6) is -0.224. The number of carbonyl (C=O) groups is 1. The first-order valence-electron chi connectivity index (χ1n) is 4.26. The molecule has 0 atom stereocenters. The summed E-state index contributed by atoms with van der Waals surface area (Å²) in [6, 6.07) is 5.01. The molecule has 0 radical (unpaired) electrons. The van der Waals surface area contributed by atoms with Gasteiger partial charge in [0, 0.05) is 10.0 Å². The molecule has 0 aliphatic carbocycles. The highest BCUT2D eigenvalue weighted by molar-refractivity contribution is 9.10. The van der Waals surface area contributed by atoms with Crippen LogP contribution in [0.2, 0.25) is 0 Å². The van der Waals surface area contributed by atoms with Crippen molar-refractivity contribution in [3.05, 3.63) is 28.2 Å². The van der Waals surface area contributed by atoms with Crippen molar-refractivity contribution in [1.82, 2.24) is 0 Å². The van der Waals surface area contributed by atoms with Crippen LogP contribution < -0.4 is 0 Å². The summed E-state index contributed by atoms with van der Waals surface area (Å²) >= 11 is 3.22. The van der Waals surface area contributed by atoms with Crippen LogP contribution in [0.3, 0.4) is 0 Å². The molecule has 14 heavy (non-hydrogen) atoms. The van der Waals surface area contributed by atoms with E-state index >= 15 is 0 Å². The second kappa shape index (κ2) is 5.00. The van der Waals surface area contributed by atoms with Gasteiger partial charge in [0.1, 0.15) is 5.75 Å². The van der Waals surface area contributed by atoms with E-state index in [9.17, 15) is 9.90 Å². The molecule has 0 fully saturated rings. The Balaban J connectivity index is 2.72. The molecule has 0 aliphatic heterocycles. The minimum atomic E-state index is -0.329. The van der Waals surface area contributed by atoms with Gasteiger partial charge in [-0.3, -0.25) is 4.79 Å². The summed E-state index contributed by atoms with van der Waals surface area (Å²) in [6.07, 6.45) is 0.104. The molecule has 76 valence electrons. The molecule has 1 rings (SSSR count). The smallest absolute Gasteiger partial charge is 0.310 e. The second-order valence-corrected chi connectivity index (χ2v) is 3.67. The van der Waals surface area contributed by atoms with E-state index in [2.05, 4.69) is 15.9 Å². The average Bonchev–Trinajstić information content (AvgIpc) is 2.10. The summed E-state index contributed by atoms with van der Waals surface area (Å²) < 4.78 is 5.55. The Morgan fingerprint density at radius 2 is 2.29 bits per heavy atom. The Hall–Kier alpha value is -1.03. The summed E-state index contributed by atoms with van der Waals surface area (Å²) in [5, 5.41) is 9.47. The van der Waals surface area contributed by atoms with Crippen molar-refractivity contribution in [2.45, 2.75) is 13.3 Å². The molecular formula is C10H11BrO3. The highest BCUT2D eigenvalue weighted by atomic mass is 79.9. The van der Waals surface area contributed by atoms with Gasteiger partial charge in [-0.25, -0.2) is 0 Å². The van der Waals surface area contributed by atoms with Gasteiger partial charge in [-0.15, -0.1) is 0 Å². The van der Waals surface area contributed by atoms with E-state index in [4.69, 9.17) is 4.74 Å². The number of rotatable bonds is 3. The number of aromatic hydroxyl groups is 1. The lowest BCUT2D eigenvalue weighted by Gasteiger charge is -2.04. The lowest BCUT2D eigenvalue weighted by molar-refractivity contribution is -0.142. The van der Waals surface area contributed by atoms with Gasteiger partial charge in [0.25, 0.3) is 0 Å². The zero-order chi connectivity index (χ0) is 10.6. The number of phenols is 1. The number of halogens is 1. The number of benzene rings is 1. The van der Waals surface area contributed by atoms with E-state index < -0.39 is 0 Å². The molecule has 0 aromatic heterocycles. The van der Waals surface area contributed by atoms with Gasteiger partial charge in [-0.2, -0.15) is 0 Å². The summed E-state index contributed by atoms with van der Waals surface area (Å²) in [5.41, 5.74) is 0.576. The first kappa shape index (κ1) is 11.0. The fourth-order valence-electron chi connectivity index (χ4n) is 1.05. The minimum Gasteiger partial charge on any atom is -0.508 e. The third kappa shape index (κ3) is 3.03. The normalized spacial score (nSPS) is 9.86. The summed E-state index contributed by atoms with van der Waals surface area (Å²) in [7, 11) is 0. The number of hydrogen-bond acceptors (Lipinski definition) is 3. The largest absolute Gasteiger partial charge is 0.508 e. The zero-order valence-corrected chi connectivity index (χ0v) is 9.37. The molecule has 1 aromatic rings. The Kier molecular flexibility index (Phi) is 3.95. The molecule has 0 unspecified atom stereocenters. The van der Waals surface area contributed by atoms with Gasteiger partial charge in [0.05, 0.1) is 13.0 Å². The Morgan fingerprint density at radius 1 is 1.57 bits per heavy atom. The van der Waals surface area contributed by atoms with Crippen LogP contribution in [0.25, 0.3) is 0 Å². The topological polar surface area (TPSA) is 46.5 Å². The van der Waals surface area contributed by atoms with Crippen molar-refractivity contribution in [2.24, 2.45) is 0 Å². The van der Waals surface area contributed by atoms with Crippen LogP contribution in [-0.2, 0) is 16.0 Å². The van der Waals surface area contributed by atoms with Crippen LogP contribution in [0.4, 0.5) is 0 Å². The zero-order valence-electron chi connectivity index (χ0n) is 7.79. The minimum absolute atomic E-state index is 0.104. The van der Waals surface area contributed by atoms with Crippen molar-refractivity contribution in [2.75, 3.05) is 6.61 Å². The van der Waals surface area contributed by atoms with Crippen LogP contribution in [0.5, 0.6) is 5.75 Å². The van der Waals surface area contributed by atoms with E-state index in [1.54, 1.807) is 25.1 Å². The summed E-state index contributed by atoms with van der Waals surface area (Å²) in [4.78, 5) is 11.1. The Bertz CT molecular complexity index is 336. The van der Waals surface area contributed by atoms with Crippen molar-refractivity contribution in [1.29, 1.82) is 0 Å². The molecular weight excluding hydrogens is 248 g/mol. The van der Waals surface area contributed by atoms with E-state index in [1.807, 2.05) is 0 Å². The monoisotopic (exact) mass is 258 g/mol. The van der Waals surface area contributed by atoms with Crippen LogP contribution in [-0.4, -0.2) is 17.7 Å².